The number of nitrogens with one attached hydrogen (secondary N) is 1. The molecule has 1 N–H and O–H groups in total. The predicted molar refractivity (Wildman–Crippen MR) is 75.4 cm³/mol. The van der Waals surface area contributed by atoms with Crippen molar-refractivity contribution in [1.82, 2.24) is 0 Å². The van der Waals surface area contributed by atoms with E-state index in [0.29, 0.717) is 10.9 Å². The topological polar surface area (TPSA) is 29.1 Å². The largest absolute Gasteiger partial charge is 0.418 e. The van der Waals surface area contributed by atoms with Crippen LogP contribution in [0.5, 0.6) is 0 Å². The van der Waals surface area contributed by atoms with E-state index in [-0.39, 0.29) is 12.1 Å². The highest BCUT2D eigenvalue weighted by Crippen LogP contribution is 2.36. The molecule has 0 saturated carbocycles. The number of halogens is 5. The van der Waals surface area contributed by atoms with E-state index in [1.165, 1.54) is 12.1 Å². The highest BCUT2D eigenvalue weighted by atomic mass is 79.9. The Hall–Kier alpha value is -0.560. The zero-order chi connectivity index (χ0) is 14.5. The van der Waals surface area contributed by atoms with Crippen molar-refractivity contribution in [3.8, 4) is 0 Å². The van der Waals surface area contributed by atoms with Gasteiger partial charge in [0.2, 0.25) is 5.91 Å². The van der Waals surface area contributed by atoms with Gasteiger partial charge in [0.05, 0.1) is 11.3 Å². The van der Waals surface area contributed by atoms with Crippen LogP contribution in [-0.4, -0.2) is 11.2 Å². The summed E-state index contributed by atoms with van der Waals surface area (Å²) in [6, 6.07) is 3.66. The van der Waals surface area contributed by atoms with Crippen LogP contribution >= 0.6 is 31.9 Å². The van der Waals surface area contributed by atoms with E-state index >= 15 is 0 Å². The number of benzene rings is 1. The molecule has 1 amide bonds. The first-order valence-electron chi connectivity index (χ1n) is 5.57. The summed E-state index contributed by atoms with van der Waals surface area (Å²) in [5, 5.41) is 3.08. The molecule has 0 aliphatic carbocycles. The van der Waals surface area contributed by atoms with Crippen LogP contribution in [0.3, 0.4) is 0 Å². The number of anilines is 1. The molecule has 19 heavy (non-hydrogen) atoms. The minimum absolute atomic E-state index is 0.207. The first-order valence-corrected chi connectivity index (χ1v) is 7.48. The average molecular weight is 403 g/mol. The van der Waals surface area contributed by atoms with Gasteiger partial charge >= 0.3 is 6.18 Å². The quantitative estimate of drug-likeness (QED) is 0.546. The second-order valence-corrected chi connectivity index (χ2v) is 5.59. The van der Waals surface area contributed by atoms with Crippen molar-refractivity contribution in [1.29, 1.82) is 0 Å². The predicted octanol–water partition coefficient (Wildman–Crippen LogP) is 4.97. The lowest BCUT2D eigenvalue weighted by Crippen LogP contribution is -2.16. The summed E-state index contributed by atoms with van der Waals surface area (Å²) in [5.41, 5.74) is -1.06. The van der Waals surface area contributed by atoms with Gasteiger partial charge in [0.25, 0.3) is 0 Å². The molecule has 7 heteroatoms. The summed E-state index contributed by atoms with van der Waals surface area (Å²) in [5.74, 6) is -0.409. The molecule has 0 unspecified atom stereocenters. The van der Waals surface area contributed by atoms with Crippen LogP contribution < -0.4 is 5.32 Å². The van der Waals surface area contributed by atoms with Crippen molar-refractivity contribution in [2.75, 3.05) is 10.6 Å². The van der Waals surface area contributed by atoms with E-state index in [0.717, 1.165) is 17.8 Å². The fourth-order valence-electron chi connectivity index (χ4n) is 1.45. The average Bonchev–Trinajstić information content (AvgIpc) is 2.30. The lowest BCUT2D eigenvalue weighted by molar-refractivity contribution is -0.137. The molecule has 0 spiro atoms. The number of hydrogen-bond acceptors (Lipinski definition) is 1. The van der Waals surface area contributed by atoms with Gasteiger partial charge in [-0.2, -0.15) is 13.2 Å². The number of carbonyl (C=O) groups excluding carboxylic acids is 1. The lowest BCUT2D eigenvalue weighted by Gasteiger charge is -2.14. The molecule has 0 saturated heterocycles. The SMILES string of the molecule is O=C(CCCCBr)Nc1ccc(Br)cc1C(F)(F)F. The number of rotatable bonds is 5. The molecule has 0 fully saturated rings. The number of alkyl halides is 4. The summed E-state index contributed by atoms with van der Waals surface area (Å²) in [6.45, 7) is 0. The lowest BCUT2D eigenvalue weighted by atomic mass is 10.1. The molecule has 1 rings (SSSR count). The maximum absolute atomic E-state index is 12.8. The van der Waals surface area contributed by atoms with Gasteiger partial charge in [-0.15, -0.1) is 0 Å². The van der Waals surface area contributed by atoms with E-state index in [2.05, 4.69) is 37.2 Å². The summed E-state index contributed by atoms with van der Waals surface area (Å²) >= 11 is 6.21. The van der Waals surface area contributed by atoms with Crippen LogP contribution in [0.25, 0.3) is 0 Å². The maximum atomic E-state index is 12.8. The first kappa shape index (κ1) is 16.5. The fourth-order valence-corrected chi connectivity index (χ4v) is 2.21. The Balaban J connectivity index is 2.80. The van der Waals surface area contributed by atoms with Gasteiger partial charge in [-0.3, -0.25) is 4.79 Å². The molecule has 1 aromatic rings. The Morgan fingerprint density at radius 3 is 2.53 bits per heavy atom. The van der Waals surface area contributed by atoms with Crippen LogP contribution in [0, 0.1) is 0 Å². The van der Waals surface area contributed by atoms with Gasteiger partial charge < -0.3 is 5.32 Å². The first-order chi connectivity index (χ1) is 8.84. The number of unbranched alkanes of at least 4 members (excludes halogenated alkanes) is 1. The zero-order valence-electron chi connectivity index (χ0n) is 9.86. The second kappa shape index (κ2) is 7.28. The van der Waals surface area contributed by atoms with E-state index in [1.54, 1.807) is 0 Å². The van der Waals surface area contributed by atoms with Gasteiger partial charge in [-0.25, -0.2) is 0 Å². The van der Waals surface area contributed by atoms with Crippen molar-refractivity contribution in [3.05, 3.63) is 28.2 Å². The molecular weight excluding hydrogens is 391 g/mol. The van der Waals surface area contributed by atoms with Gasteiger partial charge in [-0.1, -0.05) is 31.9 Å². The molecule has 0 radical (unpaired) electrons. The Kier molecular flexibility index (Phi) is 6.32. The van der Waals surface area contributed by atoms with Crippen LogP contribution in [0.4, 0.5) is 18.9 Å². The number of amides is 1. The molecule has 0 aliphatic heterocycles. The van der Waals surface area contributed by atoms with E-state index in [1.807, 2.05) is 0 Å². The van der Waals surface area contributed by atoms with E-state index in [4.69, 9.17) is 0 Å². The summed E-state index contributed by atoms with van der Waals surface area (Å²) in [7, 11) is 0. The Labute approximate surface area is 126 Å². The molecule has 0 bridgehead atoms. The van der Waals surface area contributed by atoms with Crippen molar-refractivity contribution < 1.29 is 18.0 Å². The van der Waals surface area contributed by atoms with Crippen LogP contribution in [0.2, 0.25) is 0 Å². The van der Waals surface area contributed by atoms with E-state index < -0.39 is 17.6 Å². The van der Waals surface area contributed by atoms with Crippen LogP contribution in [0.15, 0.2) is 22.7 Å². The Morgan fingerprint density at radius 2 is 1.95 bits per heavy atom. The smallest absolute Gasteiger partial charge is 0.326 e. The van der Waals surface area contributed by atoms with Gasteiger partial charge in [-0.05, 0) is 31.0 Å². The molecule has 106 valence electrons. The third-order valence-electron chi connectivity index (χ3n) is 2.35. The third-order valence-corrected chi connectivity index (χ3v) is 3.40. The van der Waals surface area contributed by atoms with Crippen molar-refractivity contribution >= 4 is 43.5 Å². The summed E-state index contributed by atoms with van der Waals surface area (Å²) in [4.78, 5) is 11.5. The van der Waals surface area contributed by atoms with E-state index in [9.17, 15) is 18.0 Å². The third kappa shape index (κ3) is 5.52. The highest BCUT2D eigenvalue weighted by Gasteiger charge is 2.34. The van der Waals surface area contributed by atoms with Gasteiger partial charge in [0.1, 0.15) is 0 Å². The summed E-state index contributed by atoms with van der Waals surface area (Å²) < 4.78 is 38.7. The molecule has 0 heterocycles. The second-order valence-electron chi connectivity index (χ2n) is 3.88. The number of carbonyl (C=O) groups is 1. The molecule has 0 aliphatic rings. The molecule has 0 atom stereocenters. The van der Waals surface area contributed by atoms with Crippen LogP contribution in [-0.2, 0) is 11.0 Å². The van der Waals surface area contributed by atoms with Crippen molar-refractivity contribution in [2.45, 2.75) is 25.4 Å². The zero-order valence-corrected chi connectivity index (χ0v) is 13.0. The van der Waals surface area contributed by atoms with Crippen molar-refractivity contribution in [3.63, 3.8) is 0 Å². The molecule has 0 aromatic heterocycles. The molecule has 2 nitrogen and oxygen atoms in total. The Morgan fingerprint density at radius 1 is 1.26 bits per heavy atom. The minimum Gasteiger partial charge on any atom is -0.326 e. The Bertz CT molecular complexity index is 449. The fraction of sp³-hybridized carbons (Fsp3) is 0.417. The highest BCUT2D eigenvalue weighted by molar-refractivity contribution is 9.10. The van der Waals surface area contributed by atoms with Crippen molar-refractivity contribution in [2.24, 2.45) is 0 Å². The van der Waals surface area contributed by atoms with Crippen LogP contribution in [0.1, 0.15) is 24.8 Å². The normalized spacial score (nSPS) is 11.4. The van der Waals surface area contributed by atoms with Gasteiger partial charge in [0.15, 0.2) is 0 Å². The van der Waals surface area contributed by atoms with Gasteiger partial charge in [0, 0.05) is 16.2 Å². The minimum atomic E-state index is -4.50. The maximum Gasteiger partial charge on any atom is 0.418 e. The summed E-state index contributed by atoms with van der Waals surface area (Å²) in [6.07, 6.45) is -2.85. The monoisotopic (exact) mass is 401 g/mol. The molecular formula is C12H12Br2F3NO. The molecule has 1 aromatic carbocycles. The number of hydrogen-bond donors (Lipinski definition) is 1. The standard InChI is InChI=1S/C12H12Br2F3NO/c13-6-2-1-3-11(19)18-10-5-4-8(14)7-9(10)12(15,16)17/h4-5,7H,1-3,6H2,(H,18,19).